The molecule has 2 aliphatic carbocycles. The Bertz CT molecular complexity index is 1250. The molecule has 3 aromatic rings. The second kappa shape index (κ2) is 8.48. The summed E-state index contributed by atoms with van der Waals surface area (Å²) in [6.07, 6.45) is 4.30. The number of alkyl halides is 1. The Balaban J connectivity index is 1.36. The fourth-order valence-corrected chi connectivity index (χ4v) is 5.85. The van der Waals surface area contributed by atoms with Crippen LogP contribution in [-0.4, -0.2) is 59.8 Å². The van der Waals surface area contributed by atoms with E-state index < -0.39 is 9.71 Å². The molecule has 0 saturated heterocycles. The number of fused-ring (bicyclic) bond motifs is 2. The summed E-state index contributed by atoms with van der Waals surface area (Å²) in [6, 6.07) is 4.58. The highest BCUT2D eigenvalue weighted by Gasteiger charge is 2.56. The van der Waals surface area contributed by atoms with Crippen LogP contribution in [0.2, 0.25) is 0 Å². The Morgan fingerprint density at radius 1 is 1.14 bits per heavy atom. The Morgan fingerprint density at radius 2 is 1.91 bits per heavy atom. The number of aromatic nitrogens is 7. The number of tetrazole rings is 1. The van der Waals surface area contributed by atoms with Crippen LogP contribution in [0.15, 0.2) is 24.4 Å². The van der Waals surface area contributed by atoms with E-state index in [0.29, 0.717) is 16.9 Å². The molecule has 1 aromatic carbocycles. The third-order valence-electron chi connectivity index (χ3n) is 7.42. The van der Waals surface area contributed by atoms with E-state index in [1.165, 1.54) is 6.07 Å². The smallest absolute Gasteiger partial charge is 0.213 e. The van der Waals surface area contributed by atoms with E-state index in [2.05, 4.69) is 82.3 Å². The highest BCUT2D eigenvalue weighted by molar-refractivity contribution is 8.15. The fourth-order valence-electron chi connectivity index (χ4n) is 5.60. The van der Waals surface area contributed by atoms with Crippen LogP contribution >= 0.6 is 37.9 Å². The van der Waals surface area contributed by atoms with Crippen LogP contribution in [0, 0.1) is 10.8 Å². The maximum Gasteiger partial charge on any atom is 0.213 e. The molecular weight excluding hydrogens is 507 g/mol. The van der Waals surface area contributed by atoms with E-state index in [4.69, 9.17) is 0 Å². The van der Waals surface area contributed by atoms with Crippen LogP contribution in [0.25, 0.3) is 22.8 Å². The molecule has 0 amide bonds. The fraction of sp³-hybridized carbons (Fsp3) is 0.545. The Morgan fingerprint density at radius 3 is 2.54 bits per heavy atom. The zero-order valence-corrected chi connectivity index (χ0v) is 22.2. The monoisotopic (exact) mass is 534 g/mol. The van der Waals surface area contributed by atoms with Crippen molar-refractivity contribution >= 4 is 43.7 Å². The summed E-state index contributed by atoms with van der Waals surface area (Å²) in [5.74, 6) is 0.959. The number of phenols is 1. The number of nitrogens with zero attached hydrogens (tertiary/aromatic N) is 8. The number of hydrogen-bond acceptors (Lipinski definition) is 11. The third kappa shape index (κ3) is 4.46. The molecule has 0 unspecified atom stereocenters. The van der Waals surface area contributed by atoms with E-state index >= 15 is 4.39 Å². The van der Waals surface area contributed by atoms with Crippen LogP contribution in [0.5, 0.6) is 5.75 Å². The topological polar surface area (TPSA) is 106 Å². The molecule has 35 heavy (non-hydrogen) atoms. The largest absolute Gasteiger partial charge is 0.507 e. The third-order valence-corrected chi connectivity index (χ3v) is 7.96. The molecule has 0 spiro atoms. The van der Waals surface area contributed by atoms with E-state index in [-0.39, 0.29) is 34.3 Å². The second-order valence-corrected chi connectivity index (χ2v) is 13.3. The summed E-state index contributed by atoms with van der Waals surface area (Å²) in [4.78, 5) is 7.39. The average molecular weight is 535 g/mol. The van der Waals surface area contributed by atoms with Gasteiger partial charge in [0.05, 0.1) is 17.8 Å². The molecule has 186 valence electrons. The zero-order valence-electron chi connectivity index (χ0n) is 19.5. The summed E-state index contributed by atoms with van der Waals surface area (Å²) < 4.78 is 14.3. The first-order chi connectivity index (χ1) is 16.4. The summed E-state index contributed by atoms with van der Waals surface area (Å²) in [7, 11) is 1.85. The number of aromatic hydroxyl groups is 1. The minimum Gasteiger partial charge on any atom is -0.507 e. The van der Waals surface area contributed by atoms with Crippen molar-refractivity contribution in [3.05, 3.63) is 24.4 Å². The van der Waals surface area contributed by atoms with Gasteiger partial charge in [0.25, 0.3) is 0 Å². The average Bonchev–Trinajstić information content (AvgIpc) is 3.40. The molecule has 4 atom stereocenters. The standard InChI is InChI=1S/C22H27FN8OS3/c1-20-6-7-21(2,11-20)17(23)14(9-20)30(3)16-10-24-19(26-25-16)13-5-4-12(8-15(13)32)18-27-29-31(28-18)22(33,34)35/h4-5,8,10,14,17,32-35H,6-7,9,11H2,1-3H3/t14-,17-,20-,21-/m0/s1. The van der Waals surface area contributed by atoms with Crippen molar-refractivity contribution in [3.8, 4) is 28.5 Å². The quantitative estimate of drug-likeness (QED) is 0.288. The predicted molar refractivity (Wildman–Crippen MR) is 140 cm³/mol. The summed E-state index contributed by atoms with van der Waals surface area (Å²) >= 11 is 12.5. The highest BCUT2D eigenvalue weighted by Crippen LogP contribution is 2.59. The molecule has 2 bridgehead atoms. The summed E-state index contributed by atoms with van der Waals surface area (Å²) in [5, 5.41) is 31.1. The van der Waals surface area contributed by atoms with Gasteiger partial charge in [-0.3, -0.25) is 0 Å². The van der Waals surface area contributed by atoms with Crippen LogP contribution in [-0.2, 0) is 3.54 Å². The van der Waals surface area contributed by atoms with Crippen LogP contribution in [0.3, 0.4) is 0 Å². The Hall–Kier alpha value is -2.12. The van der Waals surface area contributed by atoms with Crippen molar-refractivity contribution in [2.45, 2.75) is 55.3 Å². The summed E-state index contributed by atoms with van der Waals surface area (Å²) in [6.45, 7) is 4.32. The minimum atomic E-state index is -1.21. The van der Waals surface area contributed by atoms with Gasteiger partial charge in [0.2, 0.25) is 9.36 Å². The SMILES string of the molecule is CN(c1cnc(-c2ccc(-c3nnn(C(S)(S)S)n3)cc2O)nn1)[C@H]1C[C@]2(C)CC[C@@](C)(C2)[C@H]1F. The number of phenolic OH excluding ortho intramolecular Hbond substituents is 1. The van der Waals surface area contributed by atoms with Gasteiger partial charge in [-0.05, 0) is 48.4 Å². The number of benzene rings is 1. The van der Waals surface area contributed by atoms with Crippen LogP contribution < -0.4 is 4.90 Å². The van der Waals surface area contributed by atoms with Gasteiger partial charge < -0.3 is 10.0 Å². The number of halogens is 1. The van der Waals surface area contributed by atoms with Gasteiger partial charge in [-0.2, -0.15) is 0 Å². The van der Waals surface area contributed by atoms with E-state index in [0.717, 1.165) is 30.5 Å². The van der Waals surface area contributed by atoms with Gasteiger partial charge in [-0.25, -0.2) is 9.37 Å². The molecule has 2 heterocycles. The molecule has 13 heteroatoms. The molecule has 2 saturated carbocycles. The molecule has 2 aliphatic rings. The second-order valence-electron chi connectivity index (χ2n) is 10.3. The molecule has 9 nitrogen and oxygen atoms in total. The van der Waals surface area contributed by atoms with Gasteiger partial charge in [-0.1, -0.05) is 19.9 Å². The van der Waals surface area contributed by atoms with Crippen molar-refractivity contribution in [1.29, 1.82) is 0 Å². The van der Waals surface area contributed by atoms with E-state index in [1.54, 1.807) is 18.3 Å². The number of anilines is 1. The maximum atomic E-state index is 15.5. The molecule has 1 N–H and O–H groups in total. The predicted octanol–water partition coefficient (Wildman–Crippen LogP) is 4.00. The first kappa shape index (κ1) is 24.6. The lowest BCUT2D eigenvalue weighted by molar-refractivity contribution is 0.0380. The minimum absolute atomic E-state index is 0.0656. The lowest BCUT2D eigenvalue weighted by Crippen LogP contribution is -2.52. The van der Waals surface area contributed by atoms with Gasteiger partial charge in [0.1, 0.15) is 11.9 Å². The summed E-state index contributed by atoms with van der Waals surface area (Å²) in [5.41, 5.74) is 0.783. The van der Waals surface area contributed by atoms with Crippen molar-refractivity contribution in [2.24, 2.45) is 10.8 Å². The van der Waals surface area contributed by atoms with Crippen molar-refractivity contribution < 1.29 is 9.50 Å². The van der Waals surface area contributed by atoms with Gasteiger partial charge in [-0.15, -0.1) is 63.1 Å². The zero-order chi connectivity index (χ0) is 25.2. The normalized spacial score (nSPS) is 28.3. The highest BCUT2D eigenvalue weighted by atomic mass is 32.2. The van der Waals surface area contributed by atoms with Crippen molar-refractivity contribution in [2.75, 3.05) is 11.9 Å². The number of thiol groups is 3. The number of hydrogen-bond donors (Lipinski definition) is 4. The van der Waals surface area contributed by atoms with Gasteiger partial charge in [0.15, 0.2) is 11.6 Å². The molecular formula is C22H27FN8OS3. The molecule has 2 fully saturated rings. The van der Waals surface area contributed by atoms with E-state index in [1.807, 2.05) is 11.9 Å². The first-order valence-corrected chi connectivity index (χ1v) is 12.6. The molecule has 0 aliphatic heterocycles. The van der Waals surface area contributed by atoms with Crippen molar-refractivity contribution in [1.82, 2.24) is 35.4 Å². The maximum absolute atomic E-state index is 15.5. The first-order valence-electron chi connectivity index (χ1n) is 11.3. The lowest BCUT2D eigenvalue weighted by Gasteiger charge is -2.46. The molecule has 0 radical (unpaired) electrons. The number of rotatable bonds is 5. The molecule has 5 rings (SSSR count). The Kier molecular flexibility index (Phi) is 5.95. The van der Waals surface area contributed by atoms with Gasteiger partial charge in [0, 0.05) is 18.0 Å². The van der Waals surface area contributed by atoms with Gasteiger partial charge >= 0.3 is 0 Å². The van der Waals surface area contributed by atoms with E-state index in [9.17, 15) is 5.11 Å². The lowest BCUT2D eigenvalue weighted by atomic mass is 9.67. The van der Waals surface area contributed by atoms with Crippen LogP contribution in [0.4, 0.5) is 10.2 Å². The molecule has 2 aromatic heterocycles. The Labute approximate surface area is 219 Å². The van der Waals surface area contributed by atoms with Crippen LogP contribution in [0.1, 0.15) is 39.5 Å². The van der Waals surface area contributed by atoms with Crippen molar-refractivity contribution in [3.63, 3.8) is 0 Å².